The van der Waals surface area contributed by atoms with Crippen LogP contribution in [-0.2, 0) is 9.53 Å². The lowest BCUT2D eigenvalue weighted by molar-refractivity contribution is -0.147. The number of carbonyl (C=O) groups excluding carboxylic acids is 1. The third-order valence-electron chi connectivity index (χ3n) is 1.83. The van der Waals surface area contributed by atoms with E-state index in [1.807, 2.05) is 0 Å². The second-order valence-corrected chi connectivity index (χ2v) is 2.94. The van der Waals surface area contributed by atoms with Crippen molar-refractivity contribution in [2.45, 2.75) is 13.0 Å². The smallest absolute Gasteiger partial charge is 0.346 e. The first-order valence-electron chi connectivity index (χ1n) is 4.34. The van der Waals surface area contributed by atoms with E-state index < -0.39 is 17.9 Å². The predicted octanol–water partition coefficient (Wildman–Crippen LogP) is 1.35. The Bertz CT molecular complexity index is 347. The molecular weight excluding hydrogens is 201 g/mol. The van der Waals surface area contributed by atoms with Crippen LogP contribution in [0.2, 0.25) is 0 Å². The maximum atomic E-state index is 13.2. The van der Waals surface area contributed by atoms with Crippen LogP contribution in [0.5, 0.6) is 5.75 Å². The molecule has 0 radical (unpaired) electrons. The summed E-state index contributed by atoms with van der Waals surface area (Å²) >= 11 is 0. The summed E-state index contributed by atoms with van der Waals surface area (Å²) in [5.74, 6) is -1.32. The molecule has 2 N–H and O–H groups in total. The Kier molecular flexibility index (Phi) is 3.49. The summed E-state index contributed by atoms with van der Waals surface area (Å²) in [5.41, 5.74) is 5.64. The van der Waals surface area contributed by atoms with Crippen LogP contribution in [0, 0.1) is 5.82 Å². The molecule has 1 aromatic rings. The predicted molar refractivity (Wildman–Crippen MR) is 52.9 cm³/mol. The summed E-state index contributed by atoms with van der Waals surface area (Å²) in [6, 6.07) is 4.15. The van der Waals surface area contributed by atoms with Gasteiger partial charge in [0.25, 0.3) is 0 Å². The van der Waals surface area contributed by atoms with Crippen LogP contribution >= 0.6 is 0 Å². The molecule has 1 aromatic carbocycles. The SMILES string of the molecule is COC(=O)C(C)Oc1c(N)cccc1F. The lowest BCUT2D eigenvalue weighted by Crippen LogP contribution is -2.25. The first-order chi connectivity index (χ1) is 7.06. The Labute approximate surface area is 86.8 Å². The molecule has 0 amide bonds. The van der Waals surface area contributed by atoms with Crippen LogP contribution in [0.25, 0.3) is 0 Å². The number of benzene rings is 1. The fourth-order valence-electron chi connectivity index (χ4n) is 1.04. The number of nitrogens with two attached hydrogens (primary N) is 1. The van der Waals surface area contributed by atoms with E-state index in [4.69, 9.17) is 10.5 Å². The van der Waals surface area contributed by atoms with Crippen molar-refractivity contribution in [1.29, 1.82) is 0 Å². The molecule has 15 heavy (non-hydrogen) atoms. The fourth-order valence-corrected chi connectivity index (χ4v) is 1.04. The maximum absolute atomic E-state index is 13.2. The van der Waals surface area contributed by atoms with Gasteiger partial charge in [0.2, 0.25) is 0 Å². The minimum atomic E-state index is -0.894. The van der Waals surface area contributed by atoms with Gasteiger partial charge in [0, 0.05) is 0 Å². The van der Waals surface area contributed by atoms with Crippen molar-refractivity contribution in [2.24, 2.45) is 0 Å². The minimum Gasteiger partial charge on any atom is -0.474 e. The molecule has 4 nitrogen and oxygen atoms in total. The zero-order chi connectivity index (χ0) is 11.4. The first kappa shape index (κ1) is 11.3. The van der Waals surface area contributed by atoms with Crippen LogP contribution in [0.15, 0.2) is 18.2 Å². The van der Waals surface area contributed by atoms with E-state index in [1.54, 1.807) is 0 Å². The van der Waals surface area contributed by atoms with Crippen molar-refractivity contribution < 1.29 is 18.7 Å². The molecule has 0 aromatic heterocycles. The number of hydrogen-bond donors (Lipinski definition) is 1. The number of esters is 1. The molecule has 1 rings (SSSR count). The molecule has 0 aliphatic rings. The van der Waals surface area contributed by atoms with Crippen LogP contribution in [0.1, 0.15) is 6.92 Å². The lowest BCUT2D eigenvalue weighted by Gasteiger charge is -2.14. The number of rotatable bonds is 3. The number of carbonyl (C=O) groups is 1. The Morgan fingerprint density at radius 1 is 1.53 bits per heavy atom. The molecule has 1 unspecified atom stereocenters. The fraction of sp³-hybridized carbons (Fsp3) is 0.300. The monoisotopic (exact) mass is 213 g/mol. The topological polar surface area (TPSA) is 61.5 Å². The highest BCUT2D eigenvalue weighted by Crippen LogP contribution is 2.25. The highest BCUT2D eigenvalue weighted by Gasteiger charge is 2.18. The minimum absolute atomic E-state index is 0.129. The largest absolute Gasteiger partial charge is 0.474 e. The zero-order valence-corrected chi connectivity index (χ0v) is 8.49. The summed E-state index contributed by atoms with van der Waals surface area (Å²) in [7, 11) is 1.23. The van der Waals surface area contributed by atoms with Gasteiger partial charge in [-0.05, 0) is 19.1 Å². The average molecular weight is 213 g/mol. The van der Waals surface area contributed by atoms with Crippen molar-refractivity contribution in [1.82, 2.24) is 0 Å². The molecule has 0 saturated carbocycles. The molecule has 82 valence electrons. The van der Waals surface area contributed by atoms with Gasteiger partial charge in [-0.1, -0.05) is 6.07 Å². The summed E-state index contributed by atoms with van der Waals surface area (Å²) in [6.07, 6.45) is -0.894. The van der Waals surface area contributed by atoms with Gasteiger partial charge >= 0.3 is 5.97 Å². The number of ether oxygens (including phenoxy) is 2. The van der Waals surface area contributed by atoms with E-state index in [2.05, 4.69) is 4.74 Å². The summed E-state index contributed by atoms with van der Waals surface area (Å²) in [5, 5.41) is 0. The molecule has 0 heterocycles. The Morgan fingerprint density at radius 2 is 2.20 bits per heavy atom. The second-order valence-electron chi connectivity index (χ2n) is 2.94. The number of halogens is 1. The molecular formula is C10H12FNO3. The highest BCUT2D eigenvalue weighted by atomic mass is 19.1. The molecule has 0 aliphatic heterocycles. The standard InChI is InChI=1S/C10H12FNO3/c1-6(10(13)14-2)15-9-7(11)4-3-5-8(9)12/h3-6H,12H2,1-2H3. The van der Waals surface area contributed by atoms with Gasteiger partial charge in [-0.25, -0.2) is 9.18 Å². The molecule has 0 saturated heterocycles. The molecule has 1 atom stereocenters. The maximum Gasteiger partial charge on any atom is 0.346 e. The third kappa shape index (κ3) is 2.59. The van der Waals surface area contributed by atoms with E-state index in [1.165, 1.54) is 32.2 Å². The summed E-state index contributed by atoms with van der Waals surface area (Å²) in [4.78, 5) is 11.0. The van der Waals surface area contributed by atoms with Crippen LogP contribution in [-0.4, -0.2) is 19.2 Å². The molecule has 0 spiro atoms. The Balaban J connectivity index is 2.85. The van der Waals surface area contributed by atoms with Gasteiger partial charge in [-0.2, -0.15) is 0 Å². The quantitative estimate of drug-likeness (QED) is 0.608. The van der Waals surface area contributed by atoms with Crippen molar-refractivity contribution in [3.63, 3.8) is 0 Å². The van der Waals surface area contributed by atoms with E-state index in [0.717, 1.165) is 0 Å². The molecule has 5 heteroatoms. The first-order valence-corrected chi connectivity index (χ1v) is 4.34. The van der Waals surface area contributed by atoms with E-state index >= 15 is 0 Å². The Hall–Kier alpha value is -1.78. The van der Waals surface area contributed by atoms with E-state index in [-0.39, 0.29) is 11.4 Å². The van der Waals surface area contributed by atoms with Crippen molar-refractivity contribution in [3.8, 4) is 5.75 Å². The number of nitrogen functional groups attached to an aromatic ring is 1. The van der Waals surface area contributed by atoms with Crippen LogP contribution < -0.4 is 10.5 Å². The molecule has 0 fully saturated rings. The van der Waals surface area contributed by atoms with Gasteiger partial charge in [-0.3, -0.25) is 0 Å². The summed E-state index contributed by atoms with van der Waals surface area (Å²) < 4.78 is 22.7. The third-order valence-corrected chi connectivity index (χ3v) is 1.83. The average Bonchev–Trinajstić information content (AvgIpc) is 2.22. The molecule has 0 aliphatic carbocycles. The van der Waals surface area contributed by atoms with Crippen molar-refractivity contribution >= 4 is 11.7 Å². The molecule has 0 bridgehead atoms. The summed E-state index contributed by atoms with van der Waals surface area (Å²) in [6.45, 7) is 1.46. The van der Waals surface area contributed by atoms with Gasteiger partial charge < -0.3 is 15.2 Å². The van der Waals surface area contributed by atoms with Crippen molar-refractivity contribution in [2.75, 3.05) is 12.8 Å². The Morgan fingerprint density at radius 3 is 2.73 bits per heavy atom. The second kappa shape index (κ2) is 4.63. The number of anilines is 1. The van der Waals surface area contributed by atoms with Crippen LogP contribution in [0.3, 0.4) is 0 Å². The van der Waals surface area contributed by atoms with Gasteiger partial charge in [0.15, 0.2) is 17.7 Å². The lowest BCUT2D eigenvalue weighted by atomic mass is 10.3. The number of hydrogen-bond acceptors (Lipinski definition) is 4. The zero-order valence-electron chi connectivity index (χ0n) is 8.49. The highest BCUT2D eigenvalue weighted by molar-refractivity contribution is 5.74. The normalized spacial score (nSPS) is 11.9. The van der Waals surface area contributed by atoms with Crippen molar-refractivity contribution in [3.05, 3.63) is 24.0 Å². The van der Waals surface area contributed by atoms with E-state index in [0.29, 0.717) is 0 Å². The van der Waals surface area contributed by atoms with E-state index in [9.17, 15) is 9.18 Å². The number of methoxy groups -OCH3 is 1. The van der Waals surface area contributed by atoms with Gasteiger partial charge in [0.05, 0.1) is 12.8 Å². The van der Waals surface area contributed by atoms with Gasteiger partial charge in [0.1, 0.15) is 0 Å². The number of para-hydroxylation sites is 1. The van der Waals surface area contributed by atoms with Crippen LogP contribution in [0.4, 0.5) is 10.1 Å². The van der Waals surface area contributed by atoms with Gasteiger partial charge in [-0.15, -0.1) is 0 Å².